The Kier molecular flexibility index (Phi) is 3.11. The van der Waals surface area contributed by atoms with Crippen molar-refractivity contribution in [1.82, 2.24) is 4.98 Å². The quantitative estimate of drug-likeness (QED) is 0.874. The SMILES string of the molecule is Cc1[nH]c2c(Cl)cccc2c1C(C)CC(=O)O. The van der Waals surface area contributed by atoms with Crippen LogP contribution in [0.4, 0.5) is 0 Å². The number of hydrogen-bond donors (Lipinski definition) is 2. The van der Waals surface area contributed by atoms with Crippen LogP contribution in [0.3, 0.4) is 0 Å². The Labute approximate surface area is 104 Å². The standard InChI is InChI=1S/C13H14ClNO2/c1-7(6-11(16)17)12-8(2)15-13-9(12)4-3-5-10(13)14/h3-5,7,15H,6H2,1-2H3,(H,16,17). The molecular weight excluding hydrogens is 238 g/mol. The van der Waals surface area contributed by atoms with Gasteiger partial charge in [0, 0.05) is 11.1 Å². The molecule has 0 saturated heterocycles. The van der Waals surface area contributed by atoms with Gasteiger partial charge in [-0.3, -0.25) is 4.79 Å². The smallest absolute Gasteiger partial charge is 0.303 e. The number of aromatic amines is 1. The molecule has 1 aromatic heterocycles. The molecule has 0 spiro atoms. The van der Waals surface area contributed by atoms with E-state index in [9.17, 15) is 4.79 Å². The molecule has 0 saturated carbocycles. The number of aryl methyl sites for hydroxylation is 1. The molecule has 1 atom stereocenters. The molecule has 4 heteroatoms. The van der Waals surface area contributed by atoms with Crippen molar-refractivity contribution in [2.45, 2.75) is 26.2 Å². The fraction of sp³-hybridized carbons (Fsp3) is 0.308. The number of aromatic nitrogens is 1. The zero-order valence-corrected chi connectivity index (χ0v) is 10.5. The molecule has 0 radical (unpaired) electrons. The van der Waals surface area contributed by atoms with Crippen molar-refractivity contribution in [3.8, 4) is 0 Å². The fourth-order valence-corrected chi connectivity index (χ4v) is 2.55. The fourth-order valence-electron chi connectivity index (χ4n) is 2.33. The van der Waals surface area contributed by atoms with E-state index in [2.05, 4.69) is 4.98 Å². The Morgan fingerprint density at radius 2 is 2.24 bits per heavy atom. The Balaban J connectivity index is 2.57. The second-order valence-corrected chi connectivity index (χ2v) is 4.73. The summed E-state index contributed by atoms with van der Waals surface area (Å²) in [7, 11) is 0. The molecule has 17 heavy (non-hydrogen) atoms. The van der Waals surface area contributed by atoms with E-state index in [0.717, 1.165) is 22.2 Å². The Hall–Kier alpha value is -1.48. The van der Waals surface area contributed by atoms with E-state index in [0.29, 0.717) is 5.02 Å². The summed E-state index contributed by atoms with van der Waals surface area (Å²) in [5, 5.41) is 10.5. The second kappa shape index (κ2) is 4.41. The summed E-state index contributed by atoms with van der Waals surface area (Å²) in [5.41, 5.74) is 2.92. The first-order valence-electron chi connectivity index (χ1n) is 5.49. The minimum atomic E-state index is -0.784. The normalized spacial score (nSPS) is 12.9. The maximum Gasteiger partial charge on any atom is 0.303 e. The molecule has 0 aliphatic rings. The lowest BCUT2D eigenvalue weighted by molar-refractivity contribution is -0.137. The number of halogens is 1. The van der Waals surface area contributed by atoms with Crippen LogP contribution in [0.15, 0.2) is 18.2 Å². The van der Waals surface area contributed by atoms with Crippen LogP contribution >= 0.6 is 11.6 Å². The van der Waals surface area contributed by atoms with Crippen LogP contribution in [0.1, 0.15) is 30.5 Å². The van der Waals surface area contributed by atoms with Gasteiger partial charge in [0.05, 0.1) is 17.0 Å². The predicted octanol–water partition coefficient (Wildman–Crippen LogP) is 3.71. The maximum absolute atomic E-state index is 10.8. The molecule has 1 aromatic carbocycles. The Morgan fingerprint density at radius 1 is 1.53 bits per heavy atom. The first-order chi connectivity index (χ1) is 8.00. The van der Waals surface area contributed by atoms with Crippen LogP contribution < -0.4 is 0 Å². The van der Waals surface area contributed by atoms with E-state index in [1.165, 1.54) is 0 Å². The van der Waals surface area contributed by atoms with Crippen LogP contribution in [0.5, 0.6) is 0 Å². The average Bonchev–Trinajstić information content (AvgIpc) is 2.55. The number of hydrogen-bond acceptors (Lipinski definition) is 1. The minimum Gasteiger partial charge on any atom is -0.481 e. The number of benzene rings is 1. The molecule has 2 rings (SSSR count). The van der Waals surface area contributed by atoms with Gasteiger partial charge in [-0.15, -0.1) is 0 Å². The monoisotopic (exact) mass is 251 g/mol. The number of H-pyrrole nitrogens is 1. The van der Waals surface area contributed by atoms with E-state index < -0.39 is 5.97 Å². The van der Waals surface area contributed by atoms with Gasteiger partial charge in [0.25, 0.3) is 0 Å². The first kappa shape index (κ1) is 12.0. The van der Waals surface area contributed by atoms with Crippen LogP contribution in [-0.4, -0.2) is 16.1 Å². The van der Waals surface area contributed by atoms with E-state index in [-0.39, 0.29) is 12.3 Å². The average molecular weight is 252 g/mol. The topological polar surface area (TPSA) is 53.1 Å². The maximum atomic E-state index is 10.8. The molecule has 0 fully saturated rings. The molecule has 90 valence electrons. The Morgan fingerprint density at radius 3 is 2.88 bits per heavy atom. The lowest BCUT2D eigenvalue weighted by Gasteiger charge is -2.09. The second-order valence-electron chi connectivity index (χ2n) is 4.32. The zero-order chi connectivity index (χ0) is 12.6. The number of rotatable bonds is 3. The molecule has 0 amide bonds. The molecule has 0 aliphatic carbocycles. The van der Waals surface area contributed by atoms with Crippen LogP contribution in [0.2, 0.25) is 5.02 Å². The number of carboxylic acid groups (broad SMARTS) is 1. The van der Waals surface area contributed by atoms with Crippen molar-refractivity contribution in [3.63, 3.8) is 0 Å². The summed E-state index contributed by atoms with van der Waals surface area (Å²) in [4.78, 5) is 14.0. The van der Waals surface area contributed by atoms with Crippen molar-refractivity contribution in [3.05, 3.63) is 34.5 Å². The number of para-hydroxylation sites is 1. The van der Waals surface area contributed by atoms with Gasteiger partial charge in [0.15, 0.2) is 0 Å². The number of nitrogens with one attached hydrogen (secondary N) is 1. The molecule has 0 aliphatic heterocycles. The number of carboxylic acids is 1. The van der Waals surface area contributed by atoms with E-state index in [1.807, 2.05) is 32.0 Å². The molecule has 0 bridgehead atoms. The van der Waals surface area contributed by atoms with E-state index in [1.54, 1.807) is 0 Å². The number of carbonyl (C=O) groups is 1. The highest BCUT2D eigenvalue weighted by Crippen LogP contribution is 2.33. The summed E-state index contributed by atoms with van der Waals surface area (Å²) in [5.74, 6) is -0.812. The summed E-state index contributed by atoms with van der Waals surface area (Å²) in [6.07, 6.45) is 0.125. The Bertz CT molecular complexity index is 574. The molecule has 2 N–H and O–H groups in total. The van der Waals surface area contributed by atoms with E-state index in [4.69, 9.17) is 16.7 Å². The highest BCUT2D eigenvalue weighted by molar-refractivity contribution is 6.35. The lowest BCUT2D eigenvalue weighted by atomic mass is 9.95. The molecule has 2 aromatic rings. The van der Waals surface area contributed by atoms with E-state index >= 15 is 0 Å². The van der Waals surface area contributed by atoms with Gasteiger partial charge >= 0.3 is 5.97 Å². The van der Waals surface area contributed by atoms with Crippen LogP contribution in [0, 0.1) is 6.92 Å². The number of fused-ring (bicyclic) bond motifs is 1. The van der Waals surface area contributed by atoms with Crippen molar-refractivity contribution in [2.75, 3.05) is 0 Å². The van der Waals surface area contributed by atoms with Crippen molar-refractivity contribution < 1.29 is 9.90 Å². The van der Waals surface area contributed by atoms with Gasteiger partial charge in [-0.1, -0.05) is 30.7 Å². The highest BCUT2D eigenvalue weighted by atomic mass is 35.5. The van der Waals surface area contributed by atoms with Crippen LogP contribution in [-0.2, 0) is 4.79 Å². The molecule has 3 nitrogen and oxygen atoms in total. The molecular formula is C13H14ClNO2. The van der Waals surface area contributed by atoms with Gasteiger partial charge in [0.2, 0.25) is 0 Å². The van der Waals surface area contributed by atoms with Crippen molar-refractivity contribution in [1.29, 1.82) is 0 Å². The van der Waals surface area contributed by atoms with Gasteiger partial charge in [0.1, 0.15) is 0 Å². The third kappa shape index (κ3) is 2.15. The lowest BCUT2D eigenvalue weighted by Crippen LogP contribution is -2.03. The molecule has 1 unspecified atom stereocenters. The summed E-state index contributed by atoms with van der Waals surface area (Å²) >= 11 is 6.11. The first-order valence-corrected chi connectivity index (χ1v) is 5.87. The predicted molar refractivity (Wildman–Crippen MR) is 68.7 cm³/mol. The third-order valence-corrected chi connectivity index (χ3v) is 3.31. The largest absolute Gasteiger partial charge is 0.481 e. The highest BCUT2D eigenvalue weighted by Gasteiger charge is 2.18. The summed E-state index contributed by atoms with van der Waals surface area (Å²) < 4.78 is 0. The summed E-state index contributed by atoms with van der Waals surface area (Å²) in [6, 6.07) is 5.68. The minimum absolute atomic E-state index is 0.0280. The number of aliphatic carboxylic acids is 1. The summed E-state index contributed by atoms with van der Waals surface area (Å²) in [6.45, 7) is 3.87. The van der Waals surface area contributed by atoms with Gasteiger partial charge < -0.3 is 10.1 Å². The van der Waals surface area contributed by atoms with Crippen molar-refractivity contribution >= 4 is 28.5 Å². The zero-order valence-electron chi connectivity index (χ0n) is 9.75. The van der Waals surface area contributed by atoms with Gasteiger partial charge in [-0.2, -0.15) is 0 Å². The van der Waals surface area contributed by atoms with Gasteiger partial charge in [-0.05, 0) is 24.5 Å². The van der Waals surface area contributed by atoms with Gasteiger partial charge in [-0.25, -0.2) is 0 Å². The van der Waals surface area contributed by atoms with Crippen LogP contribution in [0.25, 0.3) is 10.9 Å². The molecule has 1 heterocycles. The third-order valence-electron chi connectivity index (χ3n) is 2.99. The van der Waals surface area contributed by atoms with Crippen molar-refractivity contribution in [2.24, 2.45) is 0 Å².